The van der Waals surface area contributed by atoms with Gasteiger partial charge in [0.2, 0.25) is 17.7 Å². The summed E-state index contributed by atoms with van der Waals surface area (Å²) in [6, 6.07) is 90.2. The summed E-state index contributed by atoms with van der Waals surface area (Å²) in [7, 11) is 0. The highest BCUT2D eigenvalue weighted by Crippen LogP contribution is 2.41. The third-order valence-electron chi connectivity index (χ3n) is 24.2. The second kappa shape index (κ2) is 49.2. The van der Waals surface area contributed by atoms with Gasteiger partial charge >= 0.3 is 0 Å². The van der Waals surface area contributed by atoms with Crippen molar-refractivity contribution in [3.8, 4) is 28.5 Å². The quantitative estimate of drug-likeness (QED) is 0.0229. The average molecular weight is 2020 g/mol. The summed E-state index contributed by atoms with van der Waals surface area (Å²) >= 11 is 8.64. The van der Waals surface area contributed by atoms with Gasteiger partial charge in [0.25, 0.3) is 17.7 Å². The van der Waals surface area contributed by atoms with Crippen molar-refractivity contribution in [2.45, 2.75) is 108 Å². The number of nitrogens with two attached hydrogens (primary N) is 1. The van der Waals surface area contributed by atoms with E-state index in [-0.39, 0.29) is 59.2 Å². The van der Waals surface area contributed by atoms with Crippen molar-refractivity contribution >= 4 is 121 Å². The molecule has 0 spiro atoms. The average Bonchev–Trinajstić information content (AvgIpc) is 1.62. The lowest BCUT2D eigenvalue weighted by Gasteiger charge is -2.27. The fourth-order valence-electron chi connectivity index (χ4n) is 16.7. The van der Waals surface area contributed by atoms with Crippen molar-refractivity contribution in [1.82, 2.24) is 49.4 Å². The van der Waals surface area contributed by atoms with Crippen molar-refractivity contribution < 1.29 is 51.8 Å². The van der Waals surface area contributed by atoms with Gasteiger partial charge in [-0.3, -0.25) is 33.6 Å². The number of morpholine rings is 1. The third-order valence-corrected chi connectivity index (χ3v) is 27.7. The Hall–Kier alpha value is -15.0. The minimum atomic E-state index is -0.447. The van der Waals surface area contributed by atoms with Gasteiger partial charge in [-0.25, -0.2) is 18.4 Å². The van der Waals surface area contributed by atoms with E-state index in [0.29, 0.717) is 86.6 Å². The Morgan fingerprint density at radius 3 is 1.75 bits per heavy atom. The Bertz CT molecular complexity index is 7000. The molecule has 722 valence electrons. The lowest BCUT2D eigenvalue weighted by Crippen LogP contribution is -2.40. The van der Waals surface area contributed by atoms with Crippen LogP contribution in [0, 0.1) is 19.7 Å². The summed E-state index contributed by atoms with van der Waals surface area (Å²) < 4.78 is 37.4. The molecule has 1 atom stereocenters. The minimum absolute atomic E-state index is 0.0159. The molecule has 7 N–H and O–H groups in total. The van der Waals surface area contributed by atoms with Gasteiger partial charge in [-0.1, -0.05) is 222 Å². The number of anilines is 4. The lowest BCUT2D eigenvalue weighted by atomic mass is 9.95. The van der Waals surface area contributed by atoms with Gasteiger partial charge in [0, 0.05) is 107 Å². The maximum Gasteiger partial charge on any atom is 0.292 e. The molecular formula is C113H108BrFN14O10S3. The SMILES string of the molecule is CCC(C(=O)Nc1c2c(nn1-c1ccc(F)cc1)CSC2)c1ccccc1.Cc1ccc(CC(=O)c2cnn(-c3ccccc3)c2NC(=O)c2ccco2)cc1.Cc1ccc(CNC(=O)Cc2ccc(-n3cccc3)cc2)cc1.Nc1sc2c(c1C(=O)NCCc1ccccc1)CCC2.O=C(/C=C/c1ccccc1)Nc1c2c(nn1-c1ccccc1)CSC2.O=C(c1cc(Br)cc2c1OCC2)N1CCOCC1. The Labute approximate surface area is 844 Å². The maximum atomic E-state index is 13.3. The molecule has 29 heteroatoms. The van der Waals surface area contributed by atoms with E-state index in [9.17, 15) is 38.0 Å². The lowest BCUT2D eigenvalue weighted by molar-refractivity contribution is -0.120. The molecule has 21 rings (SSSR count). The molecule has 16 aromatic rings. The number of amides is 6. The molecule has 0 bridgehead atoms. The van der Waals surface area contributed by atoms with Gasteiger partial charge in [0.05, 0.1) is 94.8 Å². The number of aromatic nitrogens is 7. The predicted octanol–water partition coefficient (Wildman–Crippen LogP) is 21.9. The van der Waals surface area contributed by atoms with Crippen LogP contribution < -0.4 is 37.1 Å². The van der Waals surface area contributed by atoms with E-state index in [2.05, 4.69) is 89.0 Å². The summed E-state index contributed by atoms with van der Waals surface area (Å²) in [4.78, 5) is 91.0. The number of ether oxygens (including phenoxy) is 2. The standard InChI is InChI=1S/C23H19N3O3.C21H20FN3OS.C20H17N3OS.C20H20N2O.C16H18N2OS.C13H14BrNO3/c1-16-9-11-17(12-10-16)14-20(27)19-15-24-26(18-6-3-2-4-7-18)22(19)25-23(28)21-8-5-13-29-21;1-2-17(14-6-4-3-5-7-14)21(26)23-20-18-12-27-13-19(18)24-25(20)16-10-8-15(22)9-11-16;24-19(12-11-15-7-3-1-4-8-15)21-20-17-13-25-14-18(17)22-23(20)16-9-5-2-6-10-16;1-16-4-6-18(7-5-16)15-21-20(23)14-17-8-10-19(11-9-17)22-12-2-3-13-22;17-15-14(12-7-4-8-13(12)20-15)16(19)18-10-9-11-5-2-1-3-6-11;14-10-7-9-1-4-18-12(9)11(8-10)13(16)15-2-5-17-6-3-15/h2-13,15H,14H2,1H3,(H,25,28);3-11,17H,2,12-13H2,1H3,(H,23,26);1-12H,13-14H2,(H,21,24);2-13H,14-15H2,1H3,(H,21,23);1-3,5-6H,4,7-10,17H2,(H,18,19);7-8H,1-6H2/b;;12-11+;;;. The van der Waals surface area contributed by atoms with Gasteiger partial charge in [0.15, 0.2) is 11.5 Å². The molecule has 10 heterocycles. The molecular weight excluding hydrogens is 1910 g/mol. The number of carbonyl (C=O) groups excluding carboxylic acids is 7. The van der Waals surface area contributed by atoms with Gasteiger partial charge in [0.1, 0.15) is 29.0 Å². The molecule has 1 unspecified atom stereocenters. The Morgan fingerprint density at radius 2 is 1.12 bits per heavy atom. The number of benzene rings is 10. The van der Waals surface area contributed by atoms with Crippen molar-refractivity contribution in [1.29, 1.82) is 0 Å². The van der Waals surface area contributed by atoms with Crippen LogP contribution in [0.4, 0.5) is 26.8 Å². The molecule has 1 aliphatic carbocycles. The number of nitrogens with zero attached hydrogens (tertiary/aromatic N) is 8. The molecule has 142 heavy (non-hydrogen) atoms. The largest absolute Gasteiger partial charge is 0.492 e. The van der Waals surface area contributed by atoms with Crippen LogP contribution in [0.15, 0.2) is 325 Å². The number of aryl methyl sites for hydroxylation is 3. The van der Waals surface area contributed by atoms with Crippen molar-refractivity contribution in [2.75, 3.05) is 61.1 Å². The molecule has 6 aromatic heterocycles. The fourth-order valence-corrected chi connectivity index (χ4v) is 20.4. The minimum Gasteiger partial charge on any atom is -0.492 e. The Balaban J connectivity index is 0.000000123. The second-order valence-electron chi connectivity index (χ2n) is 34.2. The first-order chi connectivity index (χ1) is 69.3. The summed E-state index contributed by atoms with van der Waals surface area (Å²) in [6.07, 6.45) is 16.5. The van der Waals surface area contributed by atoms with Crippen molar-refractivity contribution in [3.05, 3.63) is 432 Å². The summed E-state index contributed by atoms with van der Waals surface area (Å²) in [6.45, 7) is 10.5. The van der Waals surface area contributed by atoms with Crippen LogP contribution in [0.2, 0.25) is 0 Å². The number of nitrogens with one attached hydrogen (secondary N) is 5. The third kappa shape index (κ3) is 26.4. The van der Waals surface area contributed by atoms with E-state index in [1.54, 1.807) is 62.8 Å². The summed E-state index contributed by atoms with van der Waals surface area (Å²) in [5, 5.41) is 29.2. The van der Waals surface area contributed by atoms with Gasteiger partial charge in [-0.15, -0.1) is 11.3 Å². The van der Waals surface area contributed by atoms with E-state index in [1.807, 2.05) is 283 Å². The maximum absolute atomic E-state index is 13.3. The number of ketones is 1. The molecule has 6 amide bonds. The van der Waals surface area contributed by atoms with Crippen LogP contribution in [0.5, 0.6) is 5.75 Å². The normalized spacial score (nSPS) is 13.0. The number of carbonyl (C=O) groups is 7. The molecule has 24 nitrogen and oxygen atoms in total. The van der Waals surface area contributed by atoms with Crippen LogP contribution >= 0.6 is 50.8 Å². The number of thiophene rings is 1. The van der Waals surface area contributed by atoms with Crippen LogP contribution in [-0.4, -0.2) is 119 Å². The fraction of sp³-hybridized carbons (Fsp3) is 0.204. The Morgan fingerprint density at radius 1 is 0.542 bits per heavy atom. The number of para-hydroxylation sites is 2. The number of nitrogen functional groups attached to an aromatic ring is 1. The molecule has 5 aliphatic rings. The van der Waals surface area contributed by atoms with Crippen molar-refractivity contribution in [3.63, 3.8) is 0 Å². The summed E-state index contributed by atoms with van der Waals surface area (Å²) in [5.41, 5.74) is 26.4. The predicted molar refractivity (Wildman–Crippen MR) is 565 cm³/mol. The monoisotopic (exact) mass is 2010 g/mol. The van der Waals surface area contributed by atoms with E-state index in [1.165, 1.54) is 46.2 Å². The number of halogens is 2. The van der Waals surface area contributed by atoms with Gasteiger partial charge in [-0.2, -0.15) is 38.8 Å². The van der Waals surface area contributed by atoms with E-state index >= 15 is 0 Å². The molecule has 0 saturated carbocycles. The Kier molecular flexibility index (Phi) is 34.7. The molecule has 1 fully saturated rings. The highest BCUT2D eigenvalue weighted by atomic mass is 79.9. The van der Waals surface area contributed by atoms with Crippen LogP contribution in [0.3, 0.4) is 0 Å². The molecule has 4 aliphatic heterocycles. The second-order valence-corrected chi connectivity index (χ2v) is 38.2. The van der Waals surface area contributed by atoms with Gasteiger partial charge in [-0.05, 0) is 194 Å². The molecule has 1 saturated heterocycles. The first-order valence-corrected chi connectivity index (χ1v) is 51.0. The van der Waals surface area contributed by atoms with E-state index in [0.717, 1.165) is 161 Å². The van der Waals surface area contributed by atoms with Crippen LogP contribution in [0.25, 0.3) is 28.8 Å². The number of thioether (sulfide) groups is 2. The zero-order chi connectivity index (χ0) is 98.6. The number of hydrogen-bond acceptors (Lipinski definition) is 17. The highest BCUT2D eigenvalue weighted by Gasteiger charge is 2.32. The number of hydrogen-bond donors (Lipinski definition) is 6. The topological polar surface area (TPSA) is 299 Å². The number of fused-ring (bicyclic) bond motifs is 4. The van der Waals surface area contributed by atoms with E-state index < -0.39 is 5.91 Å². The van der Waals surface area contributed by atoms with Crippen molar-refractivity contribution in [2.24, 2.45) is 0 Å². The van der Waals surface area contributed by atoms with Crippen LogP contribution in [-0.2, 0) is 87.2 Å². The van der Waals surface area contributed by atoms with Gasteiger partial charge < -0.3 is 55.7 Å². The van der Waals surface area contributed by atoms with Crippen LogP contribution in [0.1, 0.15) is 150 Å². The number of rotatable bonds is 25. The first-order valence-electron chi connectivity index (χ1n) is 47.1. The molecule has 10 aromatic carbocycles. The molecule has 0 radical (unpaired) electrons. The zero-order valence-corrected chi connectivity index (χ0v) is 82.9. The smallest absolute Gasteiger partial charge is 0.292 e. The first kappa shape index (κ1) is 100.0. The summed E-state index contributed by atoms with van der Waals surface area (Å²) in [5.74, 6) is 4.85. The number of furan rings is 1. The zero-order valence-electron chi connectivity index (χ0n) is 78.8. The van der Waals surface area contributed by atoms with E-state index in [4.69, 9.17) is 19.6 Å². The highest BCUT2D eigenvalue weighted by molar-refractivity contribution is 9.10. The number of Topliss-reactive ketones (excluding diaryl/α,β-unsaturated/α-hetero) is 1.